The quantitative estimate of drug-likeness (QED) is 0.621. The van der Waals surface area contributed by atoms with Crippen LogP contribution in [0, 0.1) is 0 Å². The van der Waals surface area contributed by atoms with Crippen LogP contribution in [0.15, 0.2) is 4.52 Å². The minimum Gasteiger partial charge on any atom is -0.391 e. The number of amides is 2. The average molecular weight is 295 g/mol. The van der Waals surface area contributed by atoms with E-state index in [-0.39, 0.29) is 24.8 Å². The minimum absolute atomic E-state index is 0.0323. The third-order valence-corrected chi connectivity index (χ3v) is 3.86. The van der Waals surface area contributed by atoms with Gasteiger partial charge in [0.15, 0.2) is 0 Å². The van der Waals surface area contributed by atoms with Crippen LogP contribution in [0.5, 0.6) is 0 Å². The third kappa shape index (κ3) is 2.61. The van der Waals surface area contributed by atoms with E-state index in [1.54, 1.807) is 0 Å². The molecule has 2 aliphatic heterocycles. The fourth-order valence-corrected chi connectivity index (χ4v) is 2.80. The molecule has 3 unspecified atom stereocenters. The first-order valence-electron chi connectivity index (χ1n) is 6.91. The maximum Gasteiger partial charge on any atom is 0.296 e. The Hall–Kier alpha value is -2.00. The lowest BCUT2D eigenvalue weighted by atomic mass is 10.2. The number of carbonyl (C=O) groups excluding carboxylic acids is 2. The molecule has 3 rings (SSSR count). The van der Waals surface area contributed by atoms with Crippen molar-refractivity contribution in [3.8, 4) is 0 Å². The number of likely N-dealkylation sites (tertiary alicyclic amines) is 1. The molecule has 9 nitrogen and oxygen atoms in total. The molecule has 114 valence electrons. The number of carbonyl (C=O) groups is 2. The van der Waals surface area contributed by atoms with E-state index < -0.39 is 24.0 Å². The molecule has 4 N–H and O–H groups in total. The summed E-state index contributed by atoms with van der Waals surface area (Å²) in [7, 11) is 0. The van der Waals surface area contributed by atoms with Crippen LogP contribution in [-0.4, -0.2) is 57.2 Å². The lowest BCUT2D eigenvalue weighted by Crippen LogP contribution is -2.44. The Bertz CT molecular complexity index is 554. The van der Waals surface area contributed by atoms with Crippen molar-refractivity contribution in [2.45, 2.75) is 37.5 Å². The number of aromatic nitrogens is 2. The Morgan fingerprint density at radius 1 is 1.48 bits per heavy atom. The van der Waals surface area contributed by atoms with Crippen molar-refractivity contribution in [1.29, 1.82) is 0 Å². The van der Waals surface area contributed by atoms with Gasteiger partial charge in [-0.15, -0.1) is 0 Å². The topological polar surface area (TPSA) is 135 Å². The van der Waals surface area contributed by atoms with Crippen LogP contribution >= 0.6 is 0 Å². The highest BCUT2D eigenvalue weighted by Crippen LogP contribution is 2.23. The highest BCUT2D eigenvalue weighted by Gasteiger charge is 2.40. The Morgan fingerprint density at radius 3 is 2.95 bits per heavy atom. The molecule has 0 radical (unpaired) electrons. The summed E-state index contributed by atoms with van der Waals surface area (Å²) in [6, 6.07) is -0.866. The molecule has 0 spiro atoms. The summed E-state index contributed by atoms with van der Waals surface area (Å²) < 4.78 is 5.10. The van der Waals surface area contributed by atoms with E-state index in [0.29, 0.717) is 5.89 Å². The van der Waals surface area contributed by atoms with Gasteiger partial charge in [0.1, 0.15) is 6.04 Å². The van der Waals surface area contributed by atoms with Crippen molar-refractivity contribution < 1.29 is 19.2 Å². The van der Waals surface area contributed by atoms with E-state index in [4.69, 9.17) is 10.3 Å². The van der Waals surface area contributed by atoms with Crippen molar-refractivity contribution in [2.75, 3.05) is 13.1 Å². The molecule has 0 saturated carbocycles. The van der Waals surface area contributed by atoms with E-state index >= 15 is 0 Å². The van der Waals surface area contributed by atoms with E-state index in [9.17, 15) is 14.7 Å². The van der Waals surface area contributed by atoms with Gasteiger partial charge in [0.25, 0.3) is 11.7 Å². The smallest absolute Gasteiger partial charge is 0.296 e. The maximum absolute atomic E-state index is 12.3. The number of aliphatic hydroxyl groups is 1. The zero-order valence-electron chi connectivity index (χ0n) is 11.4. The number of aliphatic hydroxyl groups excluding tert-OH is 1. The molecule has 2 aliphatic rings. The molecule has 3 atom stereocenters. The second-order valence-electron chi connectivity index (χ2n) is 5.37. The summed E-state index contributed by atoms with van der Waals surface area (Å²) in [4.78, 5) is 29.0. The summed E-state index contributed by atoms with van der Waals surface area (Å²) in [5, 5.41) is 16.5. The molecule has 2 fully saturated rings. The molecule has 0 aromatic carbocycles. The summed E-state index contributed by atoms with van der Waals surface area (Å²) in [5.41, 5.74) is 5.25. The summed E-state index contributed by atoms with van der Waals surface area (Å²) in [6.45, 7) is 0.913. The average Bonchev–Trinajstić information content (AvgIpc) is 3.17. The lowest BCUT2D eigenvalue weighted by Gasteiger charge is -2.19. The Kier molecular flexibility index (Phi) is 3.60. The molecule has 0 aliphatic carbocycles. The van der Waals surface area contributed by atoms with Gasteiger partial charge in [0.2, 0.25) is 11.8 Å². The highest BCUT2D eigenvalue weighted by molar-refractivity contribution is 5.94. The van der Waals surface area contributed by atoms with Crippen LogP contribution < -0.4 is 11.1 Å². The van der Waals surface area contributed by atoms with Crippen molar-refractivity contribution in [3.05, 3.63) is 11.7 Å². The number of nitrogens with two attached hydrogens (primary N) is 1. The van der Waals surface area contributed by atoms with Gasteiger partial charge >= 0.3 is 0 Å². The lowest BCUT2D eigenvalue weighted by molar-refractivity contribution is -0.121. The number of primary amides is 1. The zero-order valence-corrected chi connectivity index (χ0v) is 11.4. The van der Waals surface area contributed by atoms with Crippen molar-refractivity contribution in [3.63, 3.8) is 0 Å². The fourth-order valence-electron chi connectivity index (χ4n) is 2.80. The Balaban J connectivity index is 1.76. The van der Waals surface area contributed by atoms with Crippen LogP contribution in [0.25, 0.3) is 0 Å². The first-order chi connectivity index (χ1) is 10.1. The zero-order chi connectivity index (χ0) is 15.0. The monoisotopic (exact) mass is 295 g/mol. The second-order valence-corrected chi connectivity index (χ2v) is 5.37. The van der Waals surface area contributed by atoms with Gasteiger partial charge in [-0.3, -0.25) is 9.59 Å². The number of β-amino-alcohol motifs (C(OH)–C–C–N with tert-alkyl or cyclic N) is 1. The molecular formula is C12H17N5O4. The molecule has 9 heteroatoms. The Labute approximate surface area is 120 Å². The molecule has 1 aromatic heterocycles. The Morgan fingerprint density at radius 2 is 2.29 bits per heavy atom. The number of nitrogens with zero attached hydrogens (tertiary/aromatic N) is 3. The van der Waals surface area contributed by atoms with Crippen molar-refractivity contribution in [1.82, 2.24) is 20.4 Å². The van der Waals surface area contributed by atoms with Gasteiger partial charge < -0.3 is 25.6 Å². The van der Waals surface area contributed by atoms with Crippen LogP contribution in [-0.2, 0) is 4.79 Å². The fraction of sp³-hybridized carbons (Fsp3) is 0.667. The standard InChI is InChI=1S/C12H17N5O4/c13-9(19)8-4-6(18)5-17(8)12(20)10-15-11(21-16-10)7-2-1-3-14-7/h6-8,14,18H,1-5H2,(H2,13,19). The highest BCUT2D eigenvalue weighted by atomic mass is 16.5. The molecule has 21 heavy (non-hydrogen) atoms. The molecule has 3 heterocycles. The molecule has 2 amide bonds. The number of nitrogens with one attached hydrogen (secondary N) is 1. The normalized spacial score (nSPS) is 29.0. The minimum atomic E-state index is -0.834. The predicted octanol–water partition coefficient (Wildman–Crippen LogP) is -1.45. The second kappa shape index (κ2) is 5.41. The third-order valence-electron chi connectivity index (χ3n) is 3.86. The van der Waals surface area contributed by atoms with E-state index in [1.807, 2.05) is 0 Å². The largest absolute Gasteiger partial charge is 0.391 e. The first kappa shape index (κ1) is 14.0. The van der Waals surface area contributed by atoms with Crippen LogP contribution in [0.1, 0.15) is 41.8 Å². The first-order valence-corrected chi connectivity index (χ1v) is 6.91. The van der Waals surface area contributed by atoms with E-state index in [0.717, 1.165) is 19.4 Å². The number of hydrogen-bond donors (Lipinski definition) is 3. The summed E-state index contributed by atoms with van der Waals surface area (Å²) in [6.07, 6.45) is 1.26. The summed E-state index contributed by atoms with van der Waals surface area (Å²) >= 11 is 0. The van der Waals surface area contributed by atoms with Crippen molar-refractivity contribution in [2.24, 2.45) is 5.73 Å². The van der Waals surface area contributed by atoms with Crippen LogP contribution in [0.2, 0.25) is 0 Å². The number of hydrogen-bond acceptors (Lipinski definition) is 7. The molecule has 0 bridgehead atoms. The van der Waals surface area contributed by atoms with Gasteiger partial charge in [-0.05, 0) is 19.4 Å². The van der Waals surface area contributed by atoms with Crippen LogP contribution in [0.3, 0.4) is 0 Å². The van der Waals surface area contributed by atoms with Gasteiger partial charge in [-0.1, -0.05) is 5.16 Å². The predicted molar refractivity (Wildman–Crippen MR) is 68.9 cm³/mol. The van der Waals surface area contributed by atoms with Gasteiger partial charge in [0, 0.05) is 13.0 Å². The SMILES string of the molecule is NC(=O)C1CC(O)CN1C(=O)c1noc(C2CCCN2)n1. The maximum atomic E-state index is 12.3. The van der Waals surface area contributed by atoms with E-state index in [2.05, 4.69) is 15.5 Å². The molecular weight excluding hydrogens is 278 g/mol. The van der Waals surface area contributed by atoms with Gasteiger partial charge in [-0.2, -0.15) is 4.98 Å². The van der Waals surface area contributed by atoms with Gasteiger partial charge in [-0.25, -0.2) is 0 Å². The van der Waals surface area contributed by atoms with Crippen LogP contribution in [0.4, 0.5) is 0 Å². The molecule has 1 aromatic rings. The van der Waals surface area contributed by atoms with Crippen molar-refractivity contribution >= 4 is 11.8 Å². The number of rotatable bonds is 3. The van der Waals surface area contributed by atoms with Gasteiger partial charge in [0.05, 0.1) is 12.1 Å². The molecule has 2 saturated heterocycles. The van der Waals surface area contributed by atoms with E-state index in [1.165, 1.54) is 4.90 Å². The summed E-state index contributed by atoms with van der Waals surface area (Å²) in [5.74, 6) is -0.949.